The van der Waals surface area contributed by atoms with Gasteiger partial charge in [-0.25, -0.2) is 0 Å². The minimum absolute atomic E-state index is 0.0856. The summed E-state index contributed by atoms with van der Waals surface area (Å²) in [6.45, 7) is 0. The van der Waals surface area contributed by atoms with Gasteiger partial charge in [-0.1, -0.05) is 0 Å². The van der Waals surface area contributed by atoms with E-state index in [1.165, 1.54) is 6.20 Å². The van der Waals surface area contributed by atoms with Crippen LogP contribution < -0.4 is 5.43 Å². The van der Waals surface area contributed by atoms with Crippen LogP contribution in [-0.2, 0) is 0 Å². The molecule has 1 aromatic heterocycles. The summed E-state index contributed by atoms with van der Waals surface area (Å²) in [6, 6.07) is 1.60. The fourth-order valence-corrected chi connectivity index (χ4v) is 1.39. The fraction of sp³-hybridized carbons (Fsp3) is 0. The summed E-state index contributed by atoms with van der Waals surface area (Å²) in [5.74, 6) is 0. The van der Waals surface area contributed by atoms with Gasteiger partial charge >= 0.3 is 0 Å². The molecule has 1 heterocycles. The standard InChI is InChI=1S/C6H3Br2NO/c7-4-1-2-9-3-5(8)6(4)10/h1-3H. The molecule has 1 aromatic rings. The molecular formula is C6H3Br2NO. The molecule has 0 saturated carbocycles. The smallest absolute Gasteiger partial charge is 0.208 e. The third kappa shape index (κ3) is 1.64. The van der Waals surface area contributed by atoms with Crippen molar-refractivity contribution in [1.82, 2.24) is 4.98 Å². The Balaban J connectivity index is 3.53. The van der Waals surface area contributed by atoms with E-state index in [0.29, 0.717) is 8.95 Å². The molecule has 0 unspecified atom stereocenters. The minimum Gasteiger partial charge on any atom is -0.287 e. The summed E-state index contributed by atoms with van der Waals surface area (Å²) in [7, 11) is 0. The third-order valence-electron chi connectivity index (χ3n) is 0.929. The molecule has 10 heavy (non-hydrogen) atoms. The SMILES string of the molecule is O=c1c(Br)ccncc1Br. The lowest BCUT2D eigenvalue weighted by atomic mass is 10.5. The summed E-state index contributed by atoms with van der Waals surface area (Å²) in [6.07, 6.45) is 3.02. The van der Waals surface area contributed by atoms with Gasteiger partial charge in [0.05, 0.1) is 8.95 Å². The molecule has 0 fully saturated rings. The van der Waals surface area contributed by atoms with Crippen molar-refractivity contribution >= 4 is 31.9 Å². The van der Waals surface area contributed by atoms with Crippen LogP contribution in [0.15, 0.2) is 32.2 Å². The van der Waals surface area contributed by atoms with Gasteiger partial charge in [-0.2, -0.15) is 0 Å². The zero-order valence-electron chi connectivity index (χ0n) is 4.84. The number of halogens is 2. The van der Waals surface area contributed by atoms with Crippen LogP contribution in [0.4, 0.5) is 0 Å². The van der Waals surface area contributed by atoms with Gasteiger partial charge in [-0.3, -0.25) is 9.78 Å². The van der Waals surface area contributed by atoms with Gasteiger partial charge in [-0.15, -0.1) is 0 Å². The molecule has 0 aliphatic heterocycles. The van der Waals surface area contributed by atoms with Crippen molar-refractivity contribution in [2.45, 2.75) is 0 Å². The van der Waals surface area contributed by atoms with Crippen LogP contribution in [0.25, 0.3) is 0 Å². The van der Waals surface area contributed by atoms with E-state index in [9.17, 15) is 4.79 Å². The largest absolute Gasteiger partial charge is 0.287 e. The minimum atomic E-state index is -0.0856. The highest BCUT2D eigenvalue weighted by atomic mass is 79.9. The maximum absolute atomic E-state index is 11.0. The van der Waals surface area contributed by atoms with Crippen molar-refractivity contribution in [3.05, 3.63) is 37.6 Å². The van der Waals surface area contributed by atoms with Gasteiger partial charge in [-0.05, 0) is 37.9 Å². The quantitative estimate of drug-likeness (QED) is 0.717. The van der Waals surface area contributed by atoms with Crippen LogP contribution >= 0.6 is 31.9 Å². The van der Waals surface area contributed by atoms with E-state index in [1.54, 1.807) is 12.3 Å². The second-order valence-corrected chi connectivity index (χ2v) is 3.33. The molecule has 0 N–H and O–H groups in total. The lowest BCUT2D eigenvalue weighted by Gasteiger charge is -1.76. The van der Waals surface area contributed by atoms with E-state index in [-0.39, 0.29) is 5.43 Å². The zero-order valence-corrected chi connectivity index (χ0v) is 8.02. The molecule has 0 saturated heterocycles. The van der Waals surface area contributed by atoms with Gasteiger partial charge in [0.15, 0.2) is 0 Å². The van der Waals surface area contributed by atoms with Crippen molar-refractivity contribution in [1.29, 1.82) is 0 Å². The second kappa shape index (κ2) is 3.25. The molecule has 2 nitrogen and oxygen atoms in total. The Morgan fingerprint density at radius 1 is 1.30 bits per heavy atom. The highest BCUT2D eigenvalue weighted by Crippen LogP contribution is 2.05. The molecular weight excluding hydrogens is 262 g/mol. The number of rotatable bonds is 0. The Morgan fingerprint density at radius 3 is 2.70 bits per heavy atom. The lowest BCUT2D eigenvalue weighted by molar-refractivity contribution is 1.35. The first-order chi connectivity index (χ1) is 4.72. The molecule has 1 rings (SSSR count). The van der Waals surface area contributed by atoms with E-state index in [1.807, 2.05) is 0 Å². The number of hydrogen-bond acceptors (Lipinski definition) is 2. The molecule has 0 aliphatic rings. The van der Waals surface area contributed by atoms with Crippen LogP contribution in [0, 0.1) is 0 Å². The van der Waals surface area contributed by atoms with Crippen LogP contribution in [-0.4, -0.2) is 4.98 Å². The van der Waals surface area contributed by atoms with E-state index >= 15 is 0 Å². The van der Waals surface area contributed by atoms with Crippen molar-refractivity contribution < 1.29 is 0 Å². The van der Waals surface area contributed by atoms with Crippen LogP contribution in [0.3, 0.4) is 0 Å². The maximum atomic E-state index is 11.0. The first kappa shape index (κ1) is 7.88. The third-order valence-corrected chi connectivity index (χ3v) is 2.12. The molecule has 0 atom stereocenters. The first-order valence-electron chi connectivity index (χ1n) is 2.51. The molecule has 4 heteroatoms. The Labute approximate surface area is 74.6 Å². The summed E-state index contributed by atoms with van der Waals surface area (Å²) in [4.78, 5) is 14.8. The number of nitrogens with zero attached hydrogens (tertiary/aromatic N) is 1. The van der Waals surface area contributed by atoms with Crippen molar-refractivity contribution in [2.75, 3.05) is 0 Å². The number of hydrogen-bond donors (Lipinski definition) is 0. The molecule has 0 amide bonds. The Bertz CT molecular complexity index is 272. The first-order valence-corrected chi connectivity index (χ1v) is 4.10. The normalized spacial score (nSPS) is 9.40. The summed E-state index contributed by atoms with van der Waals surface area (Å²) in [5, 5.41) is 0. The van der Waals surface area contributed by atoms with Gasteiger partial charge < -0.3 is 0 Å². The van der Waals surface area contributed by atoms with Gasteiger partial charge in [0, 0.05) is 12.4 Å². The maximum Gasteiger partial charge on any atom is 0.208 e. The molecule has 0 aliphatic carbocycles. The highest BCUT2D eigenvalue weighted by Gasteiger charge is 1.95. The molecule has 0 radical (unpaired) electrons. The zero-order chi connectivity index (χ0) is 7.56. The van der Waals surface area contributed by atoms with Crippen molar-refractivity contribution in [2.24, 2.45) is 0 Å². The predicted octanol–water partition coefficient (Wildman–Crippen LogP) is 1.97. The predicted molar refractivity (Wildman–Crippen MR) is 45.9 cm³/mol. The van der Waals surface area contributed by atoms with E-state index in [2.05, 4.69) is 36.8 Å². The number of aromatic nitrogens is 1. The molecule has 0 bridgehead atoms. The van der Waals surface area contributed by atoms with Gasteiger partial charge in [0.2, 0.25) is 5.43 Å². The monoisotopic (exact) mass is 263 g/mol. The lowest BCUT2D eigenvalue weighted by Crippen LogP contribution is -1.97. The second-order valence-electron chi connectivity index (χ2n) is 1.62. The van der Waals surface area contributed by atoms with Crippen LogP contribution in [0.5, 0.6) is 0 Å². The molecule has 52 valence electrons. The molecule has 0 spiro atoms. The Morgan fingerprint density at radius 2 is 2.00 bits per heavy atom. The summed E-state index contributed by atoms with van der Waals surface area (Å²) < 4.78 is 0.973. The molecule has 0 aromatic carbocycles. The Hall–Kier alpha value is -0.220. The van der Waals surface area contributed by atoms with Gasteiger partial charge in [0.1, 0.15) is 0 Å². The average Bonchev–Trinajstić information content (AvgIpc) is 2.04. The highest BCUT2D eigenvalue weighted by molar-refractivity contribution is 9.11. The van der Waals surface area contributed by atoms with Crippen molar-refractivity contribution in [3.63, 3.8) is 0 Å². The van der Waals surface area contributed by atoms with Crippen LogP contribution in [0.1, 0.15) is 0 Å². The summed E-state index contributed by atoms with van der Waals surface area (Å²) in [5.41, 5.74) is -0.0856. The van der Waals surface area contributed by atoms with Crippen molar-refractivity contribution in [3.8, 4) is 0 Å². The van der Waals surface area contributed by atoms with Crippen LogP contribution in [0.2, 0.25) is 0 Å². The summed E-state index contributed by atoms with van der Waals surface area (Å²) >= 11 is 6.16. The van der Waals surface area contributed by atoms with Gasteiger partial charge in [0.25, 0.3) is 0 Å². The topological polar surface area (TPSA) is 30.0 Å². The fourth-order valence-electron chi connectivity index (χ4n) is 0.465. The van der Waals surface area contributed by atoms with E-state index < -0.39 is 0 Å². The Kier molecular flexibility index (Phi) is 2.56. The van der Waals surface area contributed by atoms with E-state index in [0.717, 1.165) is 0 Å². The average molecular weight is 265 g/mol. The van der Waals surface area contributed by atoms with E-state index in [4.69, 9.17) is 0 Å².